The second-order valence-corrected chi connectivity index (χ2v) is 5.03. The Morgan fingerprint density at radius 3 is 2.38 bits per heavy atom. The van der Waals surface area contributed by atoms with E-state index in [1.165, 1.54) is 0 Å². The van der Waals surface area contributed by atoms with Crippen LogP contribution in [0.5, 0.6) is 0 Å². The summed E-state index contributed by atoms with van der Waals surface area (Å²) in [6.07, 6.45) is 0. The summed E-state index contributed by atoms with van der Waals surface area (Å²) in [5.41, 5.74) is 0. The normalized spacial score (nSPS) is 21.7. The van der Waals surface area contributed by atoms with Gasteiger partial charge < -0.3 is 14.5 Å². The quantitative estimate of drug-likeness (QED) is 0.719. The van der Waals surface area contributed by atoms with Crippen LogP contribution in [0.15, 0.2) is 0 Å². The number of urea groups is 1. The van der Waals surface area contributed by atoms with E-state index in [9.17, 15) is 4.79 Å². The van der Waals surface area contributed by atoms with Crippen molar-refractivity contribution in [3.05, 3.63) is 0 Å². The van der Waals surface area contributed by atoms with Gasteiger partial charge in [0.1, 0.15) is 0 Å². The van der Waals surface area contributed by atoms with Gasteiger partial charge in [0.15, 0.2) is 0 Å². The first-order chi connectivity index (χ1) is 7.49. The number of ether oxygens (including phenoxy) is 1. The van der Waals surface area contributed by atoms with Gasteiger partial charge in [-0.1, -0.05) is 13.8 Å². The van der Waals surface area contributed by atoms with E-state index in [4.69, 9.17) is 4.74 Å². The molecule has 0 bridgehead atoms. The Hall–Kier alpha value is -0.770. The zero-order valence-electron chi connectivity index (χ0n) is 11.1. The SMILES string of the molecule is COCCN1CC(C(C)C)N(C(C)C)C1=O. The maximum atomic E-state index is 12.2. The third-order valence-corrected chi connectivity index (χ3v) is 3.15. The van der Waals surface area contributed by atoms with E-state index in [1.807, 2.05) is 9.80 Å². The summed E-state index contributed by atoms with van der Waals surface area (Å²) < 4.78 is 5.03. The minimum absolute atomic E-state index is 0.158. The Morgan fingerprint density at radius 1 is 1.38 bits per heavy atom. The number of rotatable bonds is 5. The lowest BCUT2D eigenvalue weighted by Gasteiger charge is -2.29. The van der Waals surface area contributed by atoms with E-state index in [1.54, 1.807) is 7.11 Å². The van der Waals surface area contributed by atoms with E-state index >= 15 is 0 Å². The second kappa shape index (κ2) is 5.53. The minimum atomic E-state index is 0.158. The van der Waals surface area contributed by atoms with Crippen LogP contribution in [0, 0.1) is 5.92 Å². The van der Waals surface area contributed by atoms with Crippen LogP contribution in [0.2, 0.25) is 0 Å². The fraction of sp³-hybridized carbons (Fsp3) is 0.917. The molecule has 1 unspecified atom stereocenters. The van der Waals surface area contributed by atoms with Gasteiger partial charge >= 0.3 is 6.03 Å². The predicted molar refractivity (Wildman–Crippen MR) is 64.4 cm³/mol. The summed E-state index contributed by atoms with van der Waals surface area (Å²) in [6, 6.07) is 0.766. The van der Waals surface area contributed by atoms with E-state index < -0.39 is 0 Å². The van der Waals surface area contributed by atoms with Gasteiger partial charge in [-0.15, -0.1) is 0 Å². The molecule has 0 spiro atoms. The van der Waals surface area contributed by atoms with Gasteiger partial charge in [0.25, 0.3) is 0 Å². The molecular formula is C12H24N2O2. The van der Waals surface area contributed by atoms with Crippen molar-refractivity contribution in [3.8, 4) is 0 Å². The van der Waals surface area contributed by atoms with Crippen molar-refractivity contribution >= 4 is 6.03 Å². The fourth-order valence-corrected chi connectivity index (χ4v) is 2.22. The molecule has 1 saturated heterocycles. The molecule has 0 N–H and O–H groups in total. The van der Waals surface area contributed by atoms with Crippen molar-refractivity contribution in [1.82, 2.24) is 9.80 Å². The summed E-state index contributed by atoms with van der Waals surface area (Å²) in [6.45, 7) is 10.6. The first-order valence-corrected chi connectivity index (χ1v) is 6.05. The molecule has 1 heterocycles. The number of carbonyl (C=O) groups is 1. The van der Waals surface area contributed by atoms with Crippen LogP contribution in [0.3, 0.4) is 0 Å². The molecule has 1 aliphatic rings. The summed E-state index contributed by atoms with van der Waals surface area (Å²) >= 11 is 0. The summed E-state index contributed by atoms with van der Waals surface area (Å²) in [5, 5.41) is 0. The third kappa shape index (κ3) is 2.67. The number of carbonyl (C=O) groups excluding carboxylic acids is 1. The molecule has 1 aliphatic heterocycles. The van der Waals surface area contributed by atoms with Gasteiger partial charge in [0.2, 0.25) is 0 Å². The molecule has 0 aromatic carbocycles. The molecule has 0 aromatic rings. The first kappa shape index (κ1) is 13.3. The first-order valence-electron chi connectivity index (χ1n) is 6.05. The molecule has 1 fully saturated rings. The molecular weight excluding hydrogens is 204 g/mol. The highest BCUT2D eigenvalue weighted by Crippen LogP contribution is 2.24. The average molecular weight is 228 g/mol. The van der Waals surface area contributed by atoms with Crippen LogP contribution in [0.1, 0.15) is 27.7 Å². The average Bonchev–Trinajstić information content (AvgIpc) is 2.53. The monoisotopic (exact) mass is 228 g/mol. The second-order valence-electron chi connectivity index (χ2n) is 5.03. The Balaban J connectivity index is 2.71. The van der Waals surface area contributed by atoms with Crippen molar-refractivity contribution in [2.75, 3.05) is 26.8 Å². The lowest BCUT2D eigenvalue weighted by atomic mass is 10.0. The van der Waals surface area contributed by atoms with Crippen LogP contribution in [-0.4, -0.2) is 54.7 Å². The molecule has 0 aromatic heterocycles. The topological polar surface area (TPSA) is 32.8 Å². The molecule has 0 aliphatic carbocycles. The molecule has 0 radical (unpaired) electrons. The molecule has 0 saturated carbocycles. The smallest absolute Gasteiger partial charge is 0.320 e. The number of amides is 2. The van der Waals surface area contributed by atoms with Crippen LogP contribution < -0.4 is 0 Å². The van der Waals surface area contributed by atoms with Crippen molar-refractivity contribution < 1.29 is 9.53 Å². The maximum Gasteiger partial charge on any atom is 0.320 e. The number of nitrogens with zero attached hydrogens (tertiary/aromatic N) is 2. The predicted octanol–water partition coefficient (Wildman–Crippen LogP) is 1.80. The van der Waals surface area contributed by atoms with Crippen molar-refractivity contribution in [1.29, 1.82) is 0 Å². The molecule has 94 valence electrons. The summed E-state index contributed by atoms with van der Waals surface area (Å²) in [5.74, 6) is 0.499. The van der Waals surface area contributed by atoms with Gasteiger partial charge in [0.05, 0.1) is 12.6 Å². The Labute approximate surface area is 98.5 Å². The fourth-order valence-electron chi connectivity index (χ4n) is 2.22. The van der Waals surface area contributed by atoms with Crippen LogP contribution in [0.25, 0.3) is 0 Å². The molecule has 1 atom stereocenters. The molecule has 1 rings (SSSR count). The number of methoxy groups -OCH3 is 1. The summed E-state index contributed by atoms with van der Waals surface area (Å²) in [4.78, 5) is 16.1. The molecule has 4 nitrogen and oxygen atoms in total. The van der Waals surface area contributed by atoms with Gasteiger partial charge in [-0.05, 0) is 19.8 Å². The van der Waals surface area contributed by atoms with Crippen LogP contribution in [-0.2, 0) is 4.74 Å². The third-order valence-electron chi connectivity index (χ3n) is 3.15. The Bertz CT molecular complexity index is 241. The maximum absolute atomic E-state index is 12.2. The zero-order chi connectivity index (χ0) is 12.3. The van der Waals surface area contributed by atoms with Crippen LogP contribution in [0.4, 0.5) is 4.79 Å². The van der Waals surface area contributed by atoms with E-state index in [0.29, 0.717) is 25.1 Å². The highest BCUT2D eigenvalue weighted by Gasteiger charge is 2.39. The Kier molecular flexibility index (Phi) is 4.59. The molecule has 4 heteroatoms. The van der Waals surface area contributed by atoms with Crippen molar-refractivity contribution in [2.45, 2.75) is 39.8 Å². The van der Waals surface area contributed by atoms with E-state index in [2.05, 4.69) is 27.7 Å². The van der Waals surface area contributed by atoms with Gasteiger partial charge in [-0.25, -0.2) is 4.79 Å². The minimum Gasteiger partial charge on any atom is -0.383 e. The lowest BCUT2D eigenvalue weighted by molar-refractivity contribution is 0.148. The zero-order valence-corrected chi connectivity index (χ0v) is 11.1. The van der Waals surface area contributed by atoms with Gasteiger partial charge in [0, 0.05) is 26.2 Å². The van der Waals surface area contributed by atoms with Crippen molar-refractivity contribution in [3.63, 3.8) is 0 Å². The lowest BCUT2D eigenvalue weighted by Crippen LogP contribution is -2.42. The highest BCUT2D eigenvalue weighted by atomic mass is 16.5. The highest BCUT2D eigenvalue weighted by molar-refractivity contribution is 5.77. The Morgan fingerprint density at radius 2 is 2.00 bits per heavy atom. The van der Waals surface area contributed by atoms with Gasteiger partial charge in [-0.2, -0.15) is 0 Å². The standard InChI is InChI=1S/C12H24N2O2/c1-9(2)11-8-13(6-7-16-5)12(15)14(11)10(3)4/h9-11H,6-8H2,1-5H3. The van der Waals surface area contributed by atoms with Gasteiger partial charge in [-0.3, -0.25) is 0 Å². The number of hydrogen-bond donors (Lipinski definition) is 0. The number of hydrogen-bond acceptors (Lipinski definition) is 2. The van der Waals surface area contributed by atoms with Crippen LogP contribution >= 0.6 is 0 Å². The van der Waals surface area contributed by atoms with E-state index in [0.717, 1.165) is 6.54 Å². The van der Waals surface area contributed by atoms with Crippen molar-refractivity contribution in [2.24, 2.45) is 5.92 Å². The summed E-state index contributed by atoms with van der Waals surface area (Å²) in [7, 11) is 1.67. The molecule has 16 heavy (non-hydrogen) atoms. The largest absolute Gasteiger partial charge is 0.383 e. The molecule has 2 amide bonds. The van der Waals surface area contributed by atoms with E-state index in [-0.39, 0.29) is 12.1 Å².